The van der Waals surface area contributed by atoms with Crippen molar-refractivity contribution in [2.45, 2.75) is 26.7 Å². The largest absolute Gasteiger partial charge is 0.357 e. The molecule has 118 valence electrons. The number of nitrogens with zero attached hydrogens (tertiary/aromatic N) is 2. The average Bonchev–Trinajstić information content (AvgIpc) is 3.16. The van der Waals surface area contributed by atoms with Crippen LogP contribution in [-0.2, 0) is 6.42 Å². The van der Waals surface area contributed by atoms with Crippen LogP contribution in [0.15, 0.2) is 22.5 Å². The summed E-state index contributed by atoms with van der Waals surface area (Å²) < 4.78 is 0. The topological polar surface area (TPSA) is 39.7 Å². The summed E-state index contributed by atoms with van der Waals surface area (Å²) in [7, 11) is 0. The van der Waals surface area contributed by atoms with Gasteiger partial charge in [-0.15, -0.1) is 11.3 Å². The molecular formula is C16H28N4S. The highest BCUT2D eigenvalue weighted by Gasteiger charge is 2.20. The van der Waals surface area contributed by atoms with Crippen molar-refractivity contribution in [1.82, 2.24) is 15.5 Å². The number of aliphatic imine (C=N–C) groups is 1. The van der Waals surface area contributed by atoms with E-state index in [2.05, 4.69) is 46.9 Å². The highest BCUT2D eigenvalue weighted by molar-refractivity contribution is 7.09. The van der Waals surface area contributed by atoms with E-state index in [1.54, 1.807) is 0 Å². The first-order valence-electron chi connectivity index (χ1n) is 8.08. The lowest BCUT2D eigenvalue weighted by molar-refractivity contribution is 0.343. The molecule has 0 aromatic carbocycles. The van der Waals surface area contributed by atoms with Crippen LogP contribution < -0.4 is 10.6 Å². The highest BCUT2D eigenvalue weighted by atomic mass is 32.1. The third-order valence-corrected chi connectivity index (χ3v) is 4.85. The number of hydrogen-bond donors (Lipinski definition) is 2. The van der Waals surface area contributed by atoms with Crippen molar-refractivity contribution in [3.05, 3.63) is 22.4 Å². The summed E-state index contributed by atoms with van der Waals surface area (Å²) in [6, 6.07) is 4.30. The lowest BCUT2D eigenvalue weighted by Crippen LogP contribution is -2.38. The highest BCUT2D eigenvalue weighted by Crippen LogP contribution is 2.15. The van der Waals surface area contributed by atoms with Crippen LogP contribution in [-0.4, -0.2) is 50.1 Å². The second-order valence-corrected chi connectivity index (χ2v) is 6.56. The standard InChI is InChI=1S/C16H28N4S/c1-3-17-16(18-9-7-15-6-5-11-21-15)19-12-14-8-10-20(4-2)13-14/h5-6,11,14H,3-4,7-10,12-13H2,1-2H3,(H2,17,18,19). The molecule has 0 amide bonds. The van der Waals surface area contributed by atoms with E-state index < -0.39 is 0 Å². The minimum atomic E-state index is 0.720. The molecule has 4 nitrogen and oxygen atoms in total. The predicted molar refractivity (Wildman–Crippen MR) is 92.2 cm³/mol. The Hall–Kier alpha value is -1.07. The average molecular weight is 308 g/mol. The van der Waals surface area contributed by atoms with Crippen molar-refractivity contribution in [3.8, 4) is 0 Å². The van der Waals surface area contributed by atoms with Crippen LogP contribution in [0, 0.1) is 5.92 Å². The number of nitrogens with one attached hydrogen (secondary N) is 2. The molecule has 1 aliphatic heterocycles. The van der Waals surface area contributed by atoms with E-state index in [1.807, 2.05) is 11.3 Å². The van der Waals surface area contributed by atoms with Gasteiger partial charge in [0.2, 0.25) is 0 Å². The molecule has 1 saturated heterocycles. The van der Waals surface area contributed by atoms with Crippen LogP contribution in [0.3, 0.4) is 0 Å². The first-order valence-corrected chi connectivity index (χ1v) is 8.96. The van der Waals surface area contributed by atoms with E-state index in [0.717, 1.165) is 37.9 Å². The minimum absolute atomic E-state index is 0.720. The third kappa shape index (κ3) is 5.67. The molecular weight excluding hydrogens is 280 g/mol. The van der Waals surface area contributed by atoms with E-state index in [0.29, 0.717) is 0 Å². The molecule has 1 atom stereocenters. The lowest BCUT2D eigenvalue weighted by atomic mass is 10.1. The molecule has 0 spiro atoms. The number of thiophene rings is 1. The van der Waals surface area contributed by atoms with Crippen LogP contribution in [0.5, 0.6) is 0 Å². The molecule has 0 radical (unpaired) electrons. The molecule has 1 unspecified atom stereocenters. The zero-order chi connectivity index (χ0) is 14.9. The van der Waals surface area contributed by atoms with Gasteiger partial charge >= 0.3 is 0 Å². The van der Waals surface area contributed by atoms with E-state index in [4.69, 9.17) is 4.99 Å². The van der Waals surface area contributed by atoms with Gasteiger partial charge in [-0.05, 0) is 50.2 Å². The summed E-state index contributed by atoms with van der Waals surface area (Å²) >= 11 is 1.82. The molecule has 5 heteroatoms. The quantitative estimate of drug-likeness (QED) is 0.599. The zero-order valence-corrected chi connectivity index (χ0v) is 14.1. The van der Waals surface area contributed by atoms with Gasteiger partial charge in [0.05, 0.1) is 0 Å². The molecule has 21 heavy (non-hydrogen) atoms. The Bertz CT molecular complexity index is 416. The van der Waals surface area contributed by atoms with Gasteiger partial charge in [0, 0.05) is 31.1 Å². The fourth-order valence-electron chi connectivity index (χ4n) is 2.67. The molecule has 2 N–H and O–H groups in total. The second-order valence-electron chi connectivity index (χ2n) is 5.52. The summed E-state index contributed by atoms with van der Waals surface area (Å²) in [5.41, 5.74) is 0. The predicted octanol–water partition coefficient (Wildman–Crippen LogP) is 2.19. The van der Waals surface area contributed by atoms with Gasteiger partial charge in [-0.25, -0.2) is 0 Å². The van der Waals surface area contributed by atoms with Gasteiger partial charge in [0.25, 0.3) is 0 Å². The molecule has 1 aliphatic rings. The minimum Gasteiger partial charge on any atom is -0.357 e. The third-order valence-electron chi connectivity index (χ3n) is 3.91. The Kier molecular flexibility index (Phi) is 7.03. The van der Waals surface area contributed by atoms with Crippen molar-refractivity contribution in [1.29, 1.82) is 0 Å². The molecule has 0 saturated carbocycles. The smallest absolute Gasteiger partial charge is 0.191 e. The molecule has 1 fully saturated rings. The van der Waals surface area contributed by atoms with Gasteiger partial charge in [-0.2, -0.15) is 0 Å². The molecule has 0 aliphatic carbocycles. The van der Waals surface area contributed by atoms with E-state index in [1.165, 1.54) is 30.9 Å². The number of hydrogen-bond acceptors (Lipinski definition) is 3. The summed E-state index contributed by atoms with van der Waals surface area (Å²) in [6.45, 7) is 10.7. The first kappa shape index (κ1) is 16.3. The molecule has 1 aromatic heterocycles. The first-order chi connectivity index (χ1) is 10.3. The van der Waals surface area contributed by atoms with Crippen LogP contribution in [0.2, 0.25) is 0 Å². The van der Waals surface area contributed by atoms with Gasteiger partial charge < -0.3 is 15.5 Å². The normalized spacial score (nSPS) is 19.9. The maximum atomic E-state index is 4.75. The molecule has 2 rings (SSSR count). The van der Waals surface area contributed by atoms with Gasteiger partial charge in [0.15, 0.2) is 5.96 Å². The Balaban J connectivity index is 1.73. The molecule has 1 aromatic rings. The van der Waals surface area contributed by atoms with Crippen molar-refractivity contribution < 1.29 is 0 Å². The Morgan fingerprint density at radius 1 is 1.43 bits per heavy atom. The van der Waals surface area contributed by atoms with Crippen molar-refractivity contribution in [2.75, 3.05) is 39.3 Å². The maximum Gasteiger partial charge on any atom is 0.191 e. The van der Waals surface area contributed by atoms with Crippen LogP contribution in [0.25, 0.3) is 0 Å². The van der Waals surface area contributed by atoms with Crippen molar-refractivity contribution in [3.63, 3.8) is 0 Å². The van der Waals surface area contributed by atoms with Crippen LogP contribution >= 0.6 is 11.3 Å². The van der Waals surface area contributed by atoms with Gasteiger partial charge in [-0.1, -0.05) is 13.0 Å². The Morgan fingerprint density at radius 3 is 3.00 bits per heavy atom. The van der Waals surface area contributed by atoms with Gasteiger partial charge in [0.1, 0.15) is 0 Å². The number of rotatable bonds is 7. The van der Waals surface area contributed by atoms with E-state index >= 15 is 0 Å². The van der Waals surface area contributed by atoms with Crippen LogP contribution in [0.1, 0.15) is 25.1 Å². The second kappa shape index (κ2) is 9.05. The van der Waals surface area contributed by atoms with Crippen molar-refractivity contribution >= 4 is 17.3 Å². The van der Waals surface area contributed by atoms with Crippen molar-refractivity contribution in [2.24, 2.45) is 10.9 Å². The Labute approximate surface area is 132 Å². The zero-order valence-electron chi connectivity index (χ0n) is 13.3. The summed E-state index contributed by atoms with van der Waals surface area (Å²) in [4.78, 5) is 8.69. The fraction of sp³-hybridized carbons (Fsp3) is 0.688. The van der Waals surface area contributed by atoms with E-state index in [9.17, 15) is 0 Å². The number of guanidine groups is 1. The summed E-state index contributed by atoms with van der Waals surface area (Å²) in [5.74, 6) is 1.68. The Morgan fingerprint density at radius 2 is 2.33 bits per heavy atom. The SMILES string of the molecule is CCNC(=NCC1CCN(CC)C1)NCCc1cccs1. The fourth-order valence-corrected chi connectivity index (χ4v) is 3.38. The lowest BCUT2D eigenvalue weighted by Gasteiger charge is -2.14. The van der Waals surface area contributed by atoms with Crippen LogP contribution in [0.4, 0.5) is 0 Å². The molecule has 2 heterocycles. The van der Waals surface area contributed by atoms with E-state index in [-0.39, 0.29) is 0 Å². The summed E-state index contributed by atoms with van der Waals surface area (Å²) in [6.07, 6.45) is 2.35. The summed E-state index contributed by atoms with van der Waals surface area (Å²) in [5, 5.41) is 8.91. The maximum absolute atomic E-state index is 4.75. The monoisotopic (exact) mass is 308 g/mol. The number of likely N-dealkylation sites (tertiary alicyclic amines) is 1. The van der Waals surface area contributed by atoms with Gasteiger partial charge in [-0.3, -0.25) is 4.99 Å². The molecule has 0 bridgehead atoms.